The summed E-state index contributed by atoms with van der Waals surface area (Å²) in [4.78, 5) is 12.5. The second kappa shape index (κ2) is 8.69. The molecule has 0 heterocycles. The zero-order chi connectivity index (χ0) is 18.5. The van der Waals surface area contributed by atoms with Gasteiger partial charge in [-0.3, -0.25) is 4.79 Å². The van der Waals surface area contributed by atoms with Gasteiger partial charge in [-0.05, 0) is 71.4 Å². The number of nitrogens with one attached hydrogen (secondary N) is 1. The van der Waals surface area contributed by atoms with Crippen molar-refractivity contribution < 1.29 is 14.8 Å². The third-order valence-corrected chi connectivity index (χ3v) is 5.68. The van der Waals surface area contributed by atoms with Gasteiger partial charge in [0.05, 0.1) is 17.6 Å². The van der Waals surface area contributed by atoms with Crippen LogP contribution in [-0.4, -0.2) is 19.6 Å². The Morgan fingerprint density at radius 2 is 2.15 bits per heavy atom. The number of ether oxygens (including phenoxy) is 1. The van der Waals surface area contributed by atoms with Crippen molar-refractivity contribution in [3.63, 3.8) is 0 Å². The predicted molar refractivity (Wildman–Crippen MR) is 106 cm³/mol. The van der Waals surface area contributed by atoms with Crippen LogP contribution in [0.3, 0.4) is 0 Å². The van der Waals surface area contributed by atoms with Crippen LogP contribution < -0.4 is 15.4 Å². The number of fused-ring (bicyclic) bond motifs is 1. The topological polar surface area (TPSA) is 54.9 Å². The van der Waals surface area contributed by atoms with Gasteiger partial charge in [-0.15, -0.1) is 0 Å². The van der Waals surface area contributed by atoms with Crippen molar-refractivity contribution in [1.29, 1.82) is 0 Å². The van der Waals surface area contributed by atoms with Gasteiger partial charge < -0.3 is 15.4 Å². The Hall–Kier alpha value is -1.85. The van der Waals surface area contributed by atoms with Gasteiger partial charge in [0.2, 0.25) is 0 Å². The molecule has 138 valence electrons. The van der Waals surface area contributed by atoms with Gasteiger partial charge in [0.25, 0.3) is 5.91 Å². The van der Waals surface area contributed by atoms with Crippen LogP contribution in [0.4, 0.5) is 0 Å². The van der Waals surface area contributed by atoms with E-state index in [0.717, 1.165) is 35.0 Å². The molecule has 3 rings (SSSR count). The van der Waals surface area contributed by atoms with Gasteiger partial charge in [0.15, 0.2) is 6.54 Å². The van der Waals surface area contributed by atoms with Crippen LogP contribution in [0, 0.1) is 0 Å². The van der Waals surface area contributed by atoms with Crippen molar-refractivity contribution in [2.75, 3.05) is 13.7 Å². The molecule has 1 aliphatic carbocycles. The van der Waals surface area contributed by atoms with Gasteiger partial charge in [0, 0.05) is 5.56 Å². The molecule has 2 atom stereocenters. The predicted octanol–water partition coefficient (Wildman–Crippen LogP) is 3.28. The fourth-order valence-electron chi connectivity index (χ4n) is 3.54. The summed E-state index contributed by atoms with van der Waals surface area (Å²) >= 11 is 3.52. The highest BCUT2D eigenvalue weighted by Gasteiger charge is 2.22. The van der Waals surface area contributed by atoms with Crippen molar-refractivity contribution in [1.82, 2.24) is 5.32 Å². The summed E-state index contributed by atoms with van der Waals surface area (Å²) in [6.45, 7) is 2.53. The second-order valence-electron chi connectivity index (χ2n) is 6.83. The van der Waals surface area contributed by atoms with Crippen molar-refractivity contribution in [2.24, 2.45) is 0 Å². The van der Waals surface area contributed by atoms with E-state index in [4.69, 9.17) is 4.74 Å². The largest absolute Gasteiger partial charge is 0.496 e. The second-order valence-corrected chi connectivity index (χ2v) is 7.69. The van der Waals surface area contributed by atoms with E-state index in [-0.39, 0.29) is 18.0 Å². The number of amides is 1. The third-order valence-electron chi connectivity index (χ3n) is 5.06. The quantitative estimate of drug-likeness (QED) is 0.757. The summed E-state index contributed by atoms with van der Waals surface area (Å²) in [6.07, 6.45) is 3.25. The van der Waals surface area contributed by atoms with E-state index in [9.17, 15) is 4.79 Å². The molecule has 26 heavy (non-hydrogen) atoms. The molecule has 0 saturated carbocycles. The molecule has 0 unspecified atom stereocenters. The summed E-state index contributed by atoms with van der Waals surface area (Å²) in [5, 5.41) is 5.28. The first-order valence-electron chi connectivity index (χ1n) is 9.12. The summed E-state index contributed by atoms with van der Waals surface area (Å²) in [7, 11) is 1.66. The van der Waals surface area contributed by atoms with Crippen LogP contribution in [0.5, 0.6) is 5.75 Å². The minimum Gasteiger partial charge on any atom is -0.496 e. The monoisotopic (exact) mass is 417 g/mol. The maximum absolute atomic E-state index is 12.5. The zero-order valence-corrected chi connectivity index (χ0v) is 16.9. The highest BCUT2D eigenvalue weighted by Crippen LogP contribution is 2.29. The molecule has 0 spiro atoms. The Labute approximate surface area is 163 Å². The fraction of sp³-hybridized carbons (Fsp3) is 0.381. The summed E-state index contributed by atoms with van der Waals surface area (Å²) in [6, 6.07) is 14.8. The van der Waals surface area contributed by atoms with E-state index in [1.807, 2.05) is 12.1 Å². The number of quaternary nitrogens is 1. The van der Waals surface area contributed by atoms with E-state index in [2.05, 4.69) is 63.8 Å². The van der Waals surface area contributed by atoms with Crippen LogP contribution in [0.1, 0.15) is 48.5 Å². The number of rotatable bonds is 6. The Morgan fingerprint density at radius 1 is 1.35 bits per heavy atom. The highest BCUT2D eigenvalue weighted by atomic mass is 79.9. The van der Waals surface area contributed by atoms with Gasteiger partial charge in [-0.2, -0.15) is 0 Å². The van der Waals surface area contributed by atoms with E-state index in [0.29, 0.717) is 6.54 Å². The molecule has 0 aromatic heterocycles. The van der Waals surface area contributed by atoms with Gasteiger partial charge in [0.1, 0.15) is 11.8 Å². The first-order valence-corrected chi connectivity index (χ1v) is 9.91. The average molecular weight is 418 g/mol. The number of nitrogens with two attached hydrogens (primary N) is 1. The third kappa shape index (κ3) is 4.46. The molecule has 2 aromatic carbocycles. The maximum Gasteiger partial charge on any atom is 0.275 e. The average Bonchev–Trinajstić information content (AvgIpc) is 2.66. The SMILES string of the molecule is COc1ccc([C@@H](C)[NH2+]CC(=O)N[C@@H]2CCCc3ccccc32)cc1Br. The first kappa shape index (κ1) is 18.9. The standard InChI is InChI=1S/C21H25BrN2O2/c1-14(16-10-11-20(26-2)18(22)12-16)23-13-21(25)24-19-9-5-7-15-6-3-4-8-17(15)19/h3-4,6,8,10-12,14,19,23H,5,7,9,13H2,1-2H3,(H,24,25)/p+1/t14-,19-/m1/s1. The van der Waals surface area contributed by atoms with Crippen LogP contribution >= 0.6 is 15.9 Å². The van der Waals surface area contributed by atoms with Crippen LogP contribution in [0.2, 0.25) is 0 Å². The minimum atomic E-state index is 0.0890. The lowest BCUT2D eigenvalue weighted by Gasteiger charge is -2.26. The molecule has 3 N–H and O–H groups in total. The molecule has 4 nitrogen and oxygen atoms in total. The summed E-state index contributed by atoms with van der Waals surface area (Å²) in [5.74, 6) is 0.904. The normalized spacial score (nSPS) is 17.3. The lowest BCUT2D eigenvalue weighted by atomic mass is 9.88. The molecule has 0 saturated heterocycles. The number of hydrogen-bond acceptors (Lipinski definition) is 2. The number of benzene rings is 2. The molecule has 1 amide bonds. The molecule has 0 aliphatic heterocycles. The van der Waals surface area contributed by atoms with Crippen molar-refractivity contribution >= 4 is 21.8 Å². The van der Waals surface area contributed by atoms with E-state index >= 15 is 0 Å². The fourth-order valence-corrected chi connectivity index (χ4v) is 4.10. The number of carbonyl (C=O) groups is 1. The Balaban J connectivity index is 1.55. The van der Waals surface area contributed by atoms with E-state index in [1.54, 1.807) is 7.11 Å². The Kier molecular flexibility index (Phi) is 6.33. The molecular formula is C21H26BrN2O2+. The van der Waals surface area contributed by atoms with Gasteiger partial charge in [-0.25, -0.2) is 0 Å². The smallest absolute Gasteiger partial charge is 0.275 e. The van der Waals surface area contributed by atoms with E-state index < -0.39 is 0 Å². The van der Waals surface area contributed by atoms with Crippen LogP contribution in [0.15, 0.2) is 46.9 Å². The lowest BCUT2D eigenvalue weighted by Crippen LogP contribution is -2.87. The molecule has 2 aromatic rings. The van der Waals surface area contributed by atoms with Crippen molar-refractivity contribution in [2.45, 2.75) is 38.3 Å². The molecule has 0 bridgehead atoms. The van der Waals surface area contributed by atoms with E-state index in [1.165, 1.54) is 11.1 Å². The minimum absolute atomic E-state index is 0.0890. The molecular weight excluding hydrogens is 392 g/mol. The highest BCUT2D eigenvalue weighted by molar-refractivity contribution is 9.10. The number of halogens is 1. The van der Waals surface area contributed by atoms with Gasteiger partial charge in [-0.1, -0.05) is 24.3 Å². The van der Waals surface area contributed by atoms with Crippen LogP contribution in [0.25, 0.3) is 0 Å². The number of hydrogen-bond donors (Lipinski definition) is 2. The van der Waals surface area contributed by atoms with Crippen molar-refractivity contribution in [3.05, 3.63) is 63.6 Å². The maximum atomic E-state index is 12.5. The summed E-state index contributed by atoms with van der Waals surface area (Å²) < 4.78 is 6.20. The number of carbonyl (C=O) groups excluding carboxylic acids is 1. The molecule has 0 radical (unpaired) electrons. The Bertz CT molecular complexity index is 778. The number of methoxy groups -OCH3 is 1. The summed E-state index contributed by atoms with van der Waals surface area (Å²) in [5.41, 5.74) is 3.80. The zero-order valence-electron chi connectivity index (χ0n) is 15.3. The molecule has 1 aliphatic rings. The first-order chi connectivity index (χ1) is 12.6. The lowest BCUT2D eigenvalue weighted by molar-refractivity contribution is -0.682. The number of aryl methyl sites for hydroxylation is 1. The Morgan fingerprint density at radius 3 is 2.92 bits per heavy atom. The van der Waals surface area contributed by atoms with Gasteiger partial charge >= 0.3 is 0 Å². The van der Waals surface area contributed by atoms with Crippen LogP contribution in [-0.2, 0) is 11.2 Å². The van der Waals surface area contributed by atoms with Crippen molar-refractivity contribution in [3.8, 4) is 5.75 Å². The molecule has 0 fully saturated rings. The molecule has 5 heteroatoms.